The Hall–Kier alpha value is -3.14. The van der Waals surface area contributed by atoms with E-state index in [-0.39, 0.29) is 6.03 Å². The molecule has 1 N–H and O–H groups in total. The van der Waals surface area contributed by atoms with Crippen molar-refractivity contribution in [1.82, 2.24) is 4.98 Å². The van der Waals surface area contributed by atoms with Crippen LogP contribution in [0.1, 0.15) is 5.56 Å². The number of carbonyl (C=O) groups is 1. The van der Waals surface area contributed by atoms with Gasteiger partial charge >= 0.3 is 6.03 Å². The predicted molar refractivity (Wildman–Crippen MR) is 92.3 cm³/mol. The Morgan fingerprint density at radius 1 is 0.870 bits per heavy atom. The molecule has 23 heavy (non-hydrogen) atoms. The van der Waals surface area contributed by atoms with Crippen LogP contribution in [0.5, 0.6) is 0 Å². The number of nitrogens with zero attached hydrogens (tertiary/aromatic N) is 2. The van der Waals surface area contributed by atoms with Gasteiger partial charge in [-0.3, -0.25) is 10.2 Å². The molecule has 0 spiro atoms. The first-order valence-electron chi connectivity index (χ1n) is 7.41. The molecule has 0 bridgehead atoms. The summed E-state index contributed by atoms with van der Waals surface area (Å²) < 4.78 is 0. The lowest BCUT2D eigenvalue weighted by atomic mass is 10.2. The number of benzene rings is 2. The highest BCUT2D eigenvalue weighted by molar-refractivity contribution is 6.01. The van der Waals surface area contributed by atoms with Crippen LogP contribution in [0, 0.1) is 0 Å². The monoisotopic (exact) mass is 303 g/mol. The number of pyridine rings is 1. The van der Waals surface area contributed by atoms with Crippen molar-refractivity contribution in [2.45, 2.75) is 6.54 Å². The fourth-order valence-corrected chi connectivity index (χ4v) is 2.27. The molecule has 0 aliphatic carbocycles. The molecule has 0 unspecified atom stereocenters. The summed E-state index contributed by atoms with van der Waals surface area (Å²) in [5.74, 6) is 0.534. The van der Waals surface area contributed by atoms with Crippen molar-refractivity contribution in [3.63, 3.8) is 0 Å². The molecule has 0 aliphatic heterocycles. The second-order valence-corrected chi connectivity index (χ2v) is 5.05. The number of urea groups is 1. The second kappa shape index (κ2) is 7.22. The Labute approximate surface area is 135 Å². The van der Waals surface area contributed by atoms with Crippen LogP contribution in [0.2, 0.25) is 0 Å². The highest BCUT2D eigenvalue weighted by Crippen LogP contribution is 2.18. The number of carbonyl (C=O) groups excluding carboxylic acids is 1. The van der Waals surface area contributed by atoms with E-state index in [1.165, 1.54) is 0 Å². The van der Waals surface area contributed by atoms with Crippen LogP contribution >= 0.6 is 0 Å². The number of aromatic nitrogens is 1. The Morgan fingerprint density at radius 3 is 2.17 bits per heavy atom. The van der Waals surface area contributed by atoms with Gasteiger partial charge in [0.1, 0.15) is 5.82 Å². The van der Waals surface area contributed by atoms with Gasteiger partial charge in [-0.25, -0.2) is 9.78 Å². The molecular formula is C19H17N3O. The van der Waals surface area contributed by atoms with Gasteiger partial charge in [0.25, 0.3) is 0 Å². The summed E-state index contributed by atoms with van der Waals surface area (Å²) in [5.41, 5.74) is 1.90. The first-order valence-corrected chi connectivity index (χ1v) is 7.41. The Kier molecular flexibility index (Phi) is 4.64. The van der Waals surface area contributed by atoms with Crippen molar-refractivity contribution in [2.75, 3.05) is 10.2 Å². The van der Waals surface area contributed by atoms with Crippen molar-refractivity contribution in [1.29, 1.82) is 0 Å². The summed E-state index contributed by atoms with van der Waals surface area (Å²) in [5, 5.41) is 2.84. The van der Waals surface area contributed by atoms with E-state index >= 15 is 0 Å². The summed E-state index contributed by atoms with van der Waals surface area (Å²) in [6.45, 7) is 0.490. The molecule has 0 aliphatic rings. The lowest BCUT2D eigenvalue weighted by molar-refractivity contribution is 0.256. The molecule has 3 aromatic rings. The van der Waals surface area contributed by atoms with Crippen LogP contribution in [-0.4, -0.2) is 11.0 Å². The smallest absolute Gasteiger partial charge is 0.292 e. The van der Waals surface area contributed by atoms with E-state index in [1.807, 2.05) is 72.8 Å². The maximum Gasteiger partial charge on any atom is 0.327 e. The number of hydrogen-bond acceptors (Lipinski definition) is 2. The number of hydrogen-bond donors (Lipinski definition) is 1. The zero-order valence-electron chi connectivity index (χ0n) is 12.6. The number of rotatable bonds is 4. The minimum absolute atomic E-state index is 0.209. The first kappa shape index (κ1) is 14.8. The maximum atomic E-state index is 12.7. The van der Waals surface area contributed by atoms with Crippen molar-refractivity contribution in [3.8, 4) is 0 Å². The van der Waals surface area contributed by atoms with Gasteiger partial charge in [0.05, 0.1) is 6.54 Å². The van der Waals surface area contributed by atoms with E-state index in [4.69, 9.17) is 0 Å². The molecule has 1 aromatic heterocycles. The third-order valence-corrected chi connectivity index (χ3v) is 3.40. The number of amides is 2. The lowest BCUT2D eigenvalue weighted by Crippen LogP contribution is -2.34. The van der Waals surface area contributed by atoms with E-state index in [1.54, 1.807) is 17.2 Å². The summed E-state index contributed by atoms with van der Waals surface area (Å²) in [7, 11) is 0. The van der Waals surface area contributed by atoms with Crippen LogP contribution in [0.15, 0.2) is 85.1 Å². The van der Waals surface area contributed by atoms with E-state index in [2.05, 4.69) is 10.3 Å². The molecule has 4 heteroatoms. The number of anilines is 2. The van der Waals surface area contributed by atoms with E-state index in [0.29, 0.717) is 12.4 Å². The van der Waals surface area contributed by atoms with E-state index < -0.39 is 0 Å². The highest BCUT2D eigenvalue weighted by atomic mass is 16.2. The van der Waals surface area contributed by atoms with Crippen LogP contribution in [-0.2, 0) is 6.54 Å². The molecule has 3 rings (SSSR count). The Morgan fingerprint density at radius 2 is 1.52 bits per heavy atom. The van der Waals surface area contributed by atoms with Crippen LogP contribution in [0.3, 0.4) is 0 Å². The highest BCUT2D eigenvalue weighted by Gasteiger charge is 2.16. The summed E-state index contributed by atoms with van der Waals surface area (Å²) in [4.78, 5) is 18.5. The molecular weight excluding hydrogens is 286 g/mol. The zero-order valence-corrected chi connectivity index (χ0v) is 12.6. The summed E-state index contributed by atoms with van der Waals surface area (Å²) in [6.07, 6.45) is 1.65. The standard InChI is InChI=1S/C19H17N3O/c23-19(21-18-13-7-8-14-20-18)22(17-11-5-2-6-12-17)15-16-9-3-1-4-10-16/h1-14H,15H2,(H,20,21,23). The van der Waals surface area contributed by atoms with Gasteiger partial charge in [-0.1, -0.05) is 54.6 Å². The predicted octanol–water partition coefficient (Wildman–Crippen LogP) is 4.32. The molecule has 2 amide bonds. The number of para-hydroxylation sites is 1. The average molecular weight is 303 g/mol. The van der Waals surface area contributed by atoms with Crippen molar-refractivity contribution >= 4 is 17.5 Å². The van der Waals surface area contributed by atoms with E-state index in [0.717, 1.165) is 11.3 Å². The first-order chi connectivity index (χ1) is 11.3. The topological polar surface area (TPSA) is 45.2 Å². The van der Waals surface area contributed by atoms with Crippen molar-refractivity contribution in [3.05, 3.63) is 90.6 Å². The van der Waals surface area contributed by atoms with E-state index in [9.17, 15) is 4.79 Å². The fourth-order valence-electron chi connectivity index (χ4n) is 2.27. The Bertz CT molecular complexity index is 745. The molecule has 4 nitrogen and oxygen atoms in total. The zero-order chi connectivity index (χ0) is 15.9. The normalized spacial score (nSPS) is 10.1. The largest absolute Gasteiger partial charge is 0.327 e. The molecule has 1 heterocycles. The van der Waals surface area contributed by atoms with Gasteiger partial charge in [-0.15, -0.1) is 0 Å². The van der Waals surface area contributed by atoms with Gasteiger partial charge in [-0.05, 0) is 29.8 Å². The van der Waals surface area contributed by atoms with Gasteiger partial charge in [0.15, 0.2) is 0 Å². The minimum atomic E-state index is -0.209. The molecule has 0 radical (unpaired) electrons. The minimum Gasteiger partial charge on any atom is -0.292 e. The molecule has 0 fully saturated rings. The van der Waals surface area contributed by atoms with Crippen molar-refractivity contribution in [2.24, 2.45) is 0 Å². The van der Waals surface area contributed by atoms with Crippen molar-refractivity contribution < 1.29 is 4.79 Å². The third kappa shape index (κ3) is 3.95. The van der Waals surface area contributed by atoms with Gasteiger partial charge in [-0.2, -0.15) is 0 Å². The van der Waals surface area contributed by atoms with Crippen LogP contribution in [0.25, 0.3) is 0 Å². The average Bonchev–Trinajstić information content (AvgIpc) is 2.62. The van der Waals surface area contributed by atoms with Crippen LogP contribution in [0.4, 0.5) is 16.3 Å². The quantitative estimate of drug-likeness (QED) is 0.780. The van der Waals surface area contributed by atoms with Gasteiger partial charge in [0.2, 0.25) is 0 Å². The lowest BCUT2D eigenvalue weighted by Gasteiger charge is -2.23. The third-order valence-electron chi connectivity index (χ3n) is 3.40. The molecule has 0 saturated carbocycles. The summed E-state index contributed by atoms with van der Waals surface area (Å²) in [6, 6.07) is 24.7. The maximum absolute atomic E-state index is 12.7. The van der Waals surface area contributed by atoms with Gasteiger partial charge < -0.3 is 0 Å². The number of nitrogens with one attached hydrogen (secondary N) is 1. The van der Waals surface area contributed by atoms with Gasteiger partial charge in [0, 0.05) is 11.9 Å². The second-order valence-electron chi connectivity index (χ2n) is 5.05. The summed E-state index contributed by atoms with van der Waals surface area (Å²) >= 11 is 0. The Balaban J connectivity index is 1.84. The molecule has 0 atom stereocenters. The molecule has 0 saturated heterocycles. The molecule has 114 valence electrons. The fraction of sp³-hybridized carbons (Fsp3) is 0.0526. The van der Waals surface area contributed by atoms with Crippen LogP contribution < -0.4 is 10.2 Å². The molecule has 2 aromatic carbocycles. The SMILES string of the molecule is O=C(Nc1ccccn1)N(Cc1ccccc1)c1ccccc1.